The van der Waals surface area contributed by atoms with Gasteiger partial charge in [0, 0.05) is 21.7 Å². The summed E-state index contributed by atoms with van der Waals surface area (Å²) in [4.78, 5) is 1.36. The number of fused-ring (bicyclic) bond motifs is 2. The summed E-state index contributed by atoms with van der Waals surface area (Å²) in [7, 11) is 0. The molecule has 4 rings (SSSR count). The Morgan fingerprint density at radius 3 is 1.84 bits per heavy atom. The molecule has 0 radical (unpaired) electrons. The highest BCUT2D eigenvalue weighted by Crippen LogP contribution is 2.53. The quantitative estimate of drug-likeness (QED) is 0.458. The number of nitrogens with one attached hydrogen (secondary N) is 1. The minimum atomic E-state index is 1.09. The zero-order valence-electron chi connectivity index (χ0n) is 20.4. The predicted molar refractivity (Wildman–Crippen MR) is 140 cm³/mol. The van der Waals surface area contributed by atoms with E-state index in [1.54, 1.807) is 0 Å². The van der Waals surface area contributed by atoms with E-state index in [1.807, 2.05) is 11.8 Å². The summed E-state index contributed by atoms with van der Waals surface area (Å²) in [5.74, 6) is 0. The topological polar surface area (TPSA) is 12.0 Å². The molecule has 1 aliphatic heterocycles. The van der Waals surface area contributed by atoms with Crippen LogP contribution in [0.15, 0.2) is 41.0 Å². The molecule has 0 amide bonds. The van der Waals surface area contributed by atoms with Gasteiger partial charge in [-0.05, 0) is 128 Å². The minimum absolute atomic E-state index is 1.09. The van der Waals surface area contributed by atoms with Crippen LogP contribution in [0, 0.1) is 41.5 Å². The highest BCUT2D eigenvalue weighted by molar-refractivity contribution is 7.98. The molecular weight excluding hydrogens is 394 g/mol. The molecule has 1 N–H and O–H groups in total. The molecule has 2 aliphatic rings. The number of rotatable bonds is 1. The molecule has 2 aromatic carbocycles. The average molecular weight is 428 g/mol. The van der Waals surface area contributed by atoms with E-state index in [1.165, 1.54) is 77.4 Å². The van der Waals surface area contributed by atoms with E-state index in [2.05, 4.69) is 86.2 Å². The molecule has 2 heteroatoms. The highest BCUT2D eigenvalue weighted by Gasteiger charge is 2.34. The third-order valence-electron chi connectivity index (χ3n) is 7.51. The lowest BCUT2D eigenvalue weighted by atomic mass is 9.85. The van der Waals surface area contributed by atoms with Gasteiger partial charge in [-0.25, -0.2) is 0 Å². The Morgan fingerprint density at radius 1 is 0.677 bits per heavy atom. The van der Waals surface area contributed by atoms with Gasteiger partial charge < -0.3 is 5.32 Å². The van der Waals surface area contributed by atoms with Crippen molar-refractivity contribution in [3.63, 3.8) is 0 Å². The second-order valence-corrected chi connectivity index (χ2v) is 9.94. The van der Waals surface area contributed by atoms with Gasteiger partial charge in [0.2, 0.25) is 0 Å². The molecule has 2 aromatic rings. The minimum Gasteiger partial charge on any atom is -0.354 e. The van der Waals surface area contributed by atoms with Crippen molar-refractivity contribution in [2.75, 3.05) is 11.6 Å². The first-order valence-electron chi connectivity index (χ1n) is 10.9. The number of allylic oxidation sites excluding steroid dienone is 5. The van der Waals surface area contributed by atoms with Gasteiger partial charge in [0.25, 0.3) is 0 Å². The smallest absolute Gasteiger partial charge is 0.0502 e. The van der Waals surface area contributed by atoms with Gasteiger partial charge in [-0.3, -0.25) is 0 Å². The Kier molecular flexibility index (Phi) is 5.13. The van der Waals surface area contributed by atoms with Crippen molar-refractivity contribution < 1.29 is 0 Å². The molecule has 0 saturated heterocycles. The number of anilines is 1. The highest BCUT2D eigenvalue weighted by atomic mass is 32.2. The van der Waals surface area contributed by atoms with Crippen LogP contribution in [0.4, 0.5) is 5.69 Å². The maximum atomic E-state index is 4.59. The van der Waals surface area contributed by atoms with Gasteiger partial charge in [0.1, 0.15) is 0 Å². The van der Waals surface area contributed by atoms with Crippen LogP contribution in [0.1, 0.15) is 63.9 Å². The predicted octanol–water partition coefficient (Wildman–Crippen LogP) is 8.47. The Bertz CT molecular complexity index is 1280. The first kappa shape index (κ1) is 21.8. The van der Waals surface area contributed by atoms with Crippen LogP contribution in [0.25, 0.3) is 16.7 Å². The lowest BCUT2D eigenvalue weighted by molar-refractivity contribution is 1.16. The molecule has 0 aromatic heterocycles. The molecule has 1 nitrogen and oxygen atoms in total. The molecule has 1 heterocycles. The molecule has 1 aliphatic carbocycles. The molecule has 0 fully saturated rings. The van der Waals surface area contributed by atoms with Gasteiger partial charge in [0.05, 0.1) is 5.70 Å². The maximum absolute atomic E-state index is 4.59. The Morgan fingerprint density at radius 2 is 1.26 bits per heavy atom. The summed E-state index contributed by atoms with van der Waals surface area (Å²) in [5.41, 5.74) is 20.2. The van der Waals surface area contributed by atoms with Gasteiger partial charge in [-0.2, -0.15) is 0 Å². The van der Waals surface area contributed by atoms with Crippen LogP contribution in [0.3, 0.4) is 0 Å². The van der Waals surface area contributed by atoms with E-state index in [0.29, 0.717) is 0 Å². The molecule has 0 saturated carbocycles. The number of thioether (sulfide) groups is 1. The SMILES string of the molecule is C=C1/C(=C2\Nc3c(C)c(C)cc(C)c3C(C)=C2C)C(=C)c2c(C)c(SC)c(C)c(C)c21. The zero-order chi connectivity index (χ0) is 22.9. The van der Waals surface area contributed by atoms with Crippen molar-refractivity contribution in [3.8, 4) is 0 Å². The van der Waals surface area contributed by atoms with Gasteiger partial charge in [-0.1, -0.05) is 19.2 Å². The Hall–Kier alpha value is -2.45. The van der Waals surface area contributed by atoms with Crippen LogP contribution >= 0.6 is 11.8 Å². The maximum Gasteiger partial charge on any atom is 0.0502 e. The van der Waals surface area contributed by atoms with E-state index in [-0.39, 0.29) is 0 Å². The molecule has 160 valence electrons. The number of hydrogen-bond acceptors (Lipinski definition) is 2. The molecule has 31 heavy (non-hydrogen) atoms. The van der Waals surface area contributed by atoms with E-state index < -0.39 is 0 Å². The second kappa shape index (κ2) is 7.31. The summed E-state index contributed by atoms with van der Waals surface area (Å²) in [6.45, 7) is 27.0. The fourth-order valence-electron chi connectivity index (χ4n) is 5.49. The summed E-state index contributed by atoms with van der Waals surface area (Å²) in [6, 6.07) is 2.30. The fourth-order valence-corrected chi connectivity index (χ4v) is 6.36. The number of benzene rings is 2. The lowest BCUT2D eigenvalue weighted by Gasteiger charge is -2.29. The molecule has 0 bridgehead atoms. The van der Waals surface area contributed by atoms with Crippen molar-refractivity contribution in [3.05, 3.63) is 86.1 Å². The Balaban J connectivity index is 2.03. The number of aryl methyl sites for hydroxylation is 2. The molecule has 0 spiro atoms. The van der Waals surface area contributed by atoms with Crippen LogP contribution < -0.4 is 5.32 Å². The van der Waals surface area contributed by atoms with E-state index in [0.717, 1.165) is 16.8 Å². The van der Waals surface area contributed by atoms with E-state index in [9.17, 15) is 0 Å². The first-order valence-corrected chi connectivity index (χ1v) is 12.1. The first-order chi connectivity index (χ1) is 14.5. The largest absolute Gasteiger partial charge is 0.354 e. The normalized spacial score (nSPS) is 17.8. The number of hydrogen-bond donors (Lipinski definition) is 1. The third-order valence-corrected chi connectivity index (χ3v) is 8.53. The lowest BCUT2D eigenvalue weighted by Crippen LogP contribution is -2.15. The van der Waals surface area contributed by atoms with Crippen molar-refractivity contribution >= 4 is 34.2 Å². The van der Waals surface area contributed by atoms with E-state index >= 15 is 0 Å². The standard InChI is InChI=1S/C29H33NS/c1-13-12-14(2)23-16(4)18(6)28(30-27(23)15(13)3)26-20(8)24-17(5)19(7)29(31-11)22(10)25(24)21(26)9/h12,30H,8-9H2,1-7,10-11H3/b28-26+. The summed E-state index contributed by atoms with van der Waals surface area (Å²) >= 11 is 1.83. The molecule has 0 unspecified atom stereocenters. The van der Waals surface area contributed by atoms with Gasteiger partial charge in [-0.15, -0.1) is 11.8 Å². The summed E-state index contributed by atoms with van der Waals surface area (Å²) in [5, 5.41) is 3.84. The van der Waals surface area contributed by atoms with Crippen LogP contribution in [0.2, 0.25) is 0 Å². The van der Waals surface area contributed by atoms with Crippen molar-refractivity contribution in [2.45, 2.75) is 60.3 Å². The van der Waals surface area contributed by atoms with Crippen LogP contribution in [-0.4, -0.2) is 6.26 Å². The van der Waals surface area contributed by atoms with Crippen LogP contribution in [-0.2, 0) is 0 Å². The second-order valence-electron chi connectivity index (χ2n) is 9.13. The Labute approximate surface area is 192 Å². The third kappa shape index (κ3) is 2.84. The van der Waals surface area contributed by atoms with Gasteiger partial charge >= 0.3 is 0 Å². The monoisotopic (exact) mass is 427 g/mol. The van der Waals surface area contributed by atoms with Crippen LogP contribution in [0.5, 0.6) is 0 Å². The fraction of sp³-hybridized carbons (Fsp3) is 0.310. The molecular formula is C29H33NS. The van der Waals surface area contributed by atoms with E-state index in [4.69, 9.17) is 0 Å². The van der Waals surface area contributed by atoms with Crippen molar-refractivity contribution in [1.29, 1.82) is 0 Å². The summed E-state index contributed by atoms with van der Waals surface area (Å²) < 4.78 is 0. The summed E-state index contributed by atoms with van der Waals surface area (Å²) in [6.07, 6.45) is 2.16. The molecule has 0 atom stereocenters. The van der Waals surface area contributed by atoms with Crippen molar-refractivity contribution in [2.24, 2.45) is 0 Å². The average Bonchev–Trinajstić information content (AvgIpc) is 2.97. The zero-order valence-corrected chi connectivity index (χ0v) is 21.2. The van der Waals surface area contributed by atoms with Gasteiger partial charge in [0.15, 0.2) is 0 Å². The van der Waals surface area contributed by atoms with Crippen molar-refractivity contribution in [1.82, 2.24) is 0 Å².